The fourth-order valence-electron chi connectivity index (χ4n) is 1.32. The van der Waals surface area contributed by atoms with Crippen LogP contribution >= 0.6 is 12.6 Å². The molecule has 0 aliphatic heterocycles. The molecule has 0 bridgehead atoms. The van der Waals surface area contributed by atoms with Crippen LogP contribution < -0.4 is 0 Å². The van der Waals surface area contributed by atoms with E-state index in [9.17, 15) is 0 Å². The molecule has 2 nitrogen and oxygen atoms in total. The maximum absolute atomic E-state index is 5.35. The normalized spacial score (nSPS) is 10.2. The third kappa shape index (κ3) is 1.11. The molecule has 0 fully saturated rings. The maximum Gasteiger partial charge on any atom is 0.165 e. The van der Waals surface area contributed by atoms with Gasteiger partial charge in [0.15, 0.2) is 5.16 Å². The van der Waals surface area contributed by atoms with Gasteiger partial charge in [0.1, 0.15) is 5.52 Å². The Hall–Kier alpha value is -1.40. The molecule has 0 aliphatic rings. The molecule has 2 aromatic rings. The average molecular weight is 188 g/mol. The second-order valence-corrected chi connectivity index (χ2v) is 3.19. The second-order valence-electron chi connectivity index (χ2n) is 2.79. The van der Waals surface area contributed by atoms with Gasteiger partial charge in [0.05, 0.1) is 11.1 Å². The molecule has 0 unspecified atom stereocenters. The first kappa shape index (κ1) is 8.21. The standard InChI is InChI=1S/C10H8N2S/c1-3-7-5-4-6-8-9(7)11-10(13)12(8)2/h1,4-6H,2H3,(H,11,13). The van der Waals surface area contributed by atoms with Crippen LogP contribution in [0.1, 0.15) is 5.56 Å². The van der Waals surface area contributed by atoms with Gasteiger partial charge >= 0.3 is 0 Å². The lowest BCUT2D eigenvalue weighted by Crippen LogP contribution is -1.86. The average Bonchev–Trinajstić information content (AvgIpc) is 2.43. The predicted octanol–water partition coefficient (Wildman–Crippen LogP) is 1.84. The number of aryl methyl sites for hydroxylation is 1. The maximum atomic E-state index is 5.35. The van der Waals surface area contributed by atoms with Crippen LogP contribution in [0.3, 0.4) is 0 Å². The van der Waals surface area contributed by atoms with Gasteiger partial charge in [-0.2, -0.15) is 0 Å². The van der Waals surface area contributed by atoms with E-state index >= 15 is 0 Å². The van der Waals surface area contributed by atoms with E-state index in [0.29, 0.717) is 5.16 Å². The van der Waals surface area contributed by atoms with Crippen LogP contribution in [0.4, 0.5) is 0 Å². The summed E-state index contributed by atoms with van der Waals surface area (Å²) in [5.41, 5.74) is 2.67. The van der Waals surface area contributed by atoms with Crippen LogP contribution in [0.25, 0.3) is 11.0 Å². The Bertz CT molecular complexity index is 505. The minimum atomic E-state index is 0.678. The number of hydrogen-bond donors (Lipinski definition) is 1. The zero-order chi connectivity index (χ0) is 9.42. The predicted molar refractivity (Wildman–Crippen MR) is 55.9 cm³/mol. The number of nitrogens with zero attached hydrogens (tertiary/aromatic N) is 2. The fraction of sp³-hybridized carbons (Fsp3) is 0.100. The Morgan fingerprint density at radius 3 is 3.00 bits per heavy atom. The van der Waals surface area contributed by atoms with E-state index in [4.69, 9.17) is 6.42 Å². The highest BCUT2D eigenvalue weighted by Gasteiger charge is 2.06. The summed E-state index contributed by atoms with van der Waals surface area (Å²) in [5, 5.41) is 0.678. The van der Waals surface area contributed by atoms with E-state index < -0.39 is 0 Å². The van der Waals surface area contributed by atoms with Crippen LogP contribution in [0.2, 0.25) is 0 Å². The van der Waals surface area contributed by atoms with Crippen molar-refractivity contribution in [2.24, 2.45) is 7.05 Å². The number of para-hydroxylation sites is 1. The molecule has 1 aromatic heterocycles. The van der Waals surface area contributed by atoms with Gasteiger partial charge in [-0.05, 0) is 12.1 Å². The molecule has 0 radical (unpaired) electrons. The molecule has 0 spiro atoms. The van der Waals surface area contributed by atoms with Gasteiger partial charge in [-0.3, -0.25) is 0 Å². The zero-order valence-electron chi connectivity index (χ0n) is 7.15. The lowest BCUT2D eigenvalue weighted by Gasteiger charge is -1.95. The summed E-state index contributed by atoms with van der Waals surface area (Å²) in [5.74, 6) is 2.60. The highest BCUT2D eigenvalue weighted by Crippen LogP contribution is 2.19. The molecule has 0 saturated carbocycles. The van der Waals surface area contributed by atoms with Crippen LogP contribution in [0, 0.1) is 12.3 Å². The molecule has 0 atom stereocenters. The lowest BCUT2D eigenvalue weighted by atomic mass is 10.2. The summed E-state index contributed by atoms with van der Waals surface area (Å²) in [7, 11) is 1.91. The SMILES string of the molecule is C#Cc1cccc2c1nc(S)n2C. The summed E-state index contributed by atoms with van der Waals surface area (Å²) < 4.78 is 1.90. The molecule has 3 heteroatoms. The molecule has 0 N–H and O–H groups in total. The summed E-state index contributed by atoms with van der Waals surface area (Å²) in [6.07, 6.45) is 5.35. The van der Waals surface area contributed by atoms with Crippen molar-refractivity contribution < 1.29 is 0 Å². The van der Waals surface area contributed by atoms with Gasteiger partial charge in [-0.15, -0.1) is 19.1 Å². The van der Waals surface area contributed by atoms with Gasteiger partial charge in [0, 0.05) is 7.05 Å². The minimum Gasteiger partial charge on any atom is -0.322 e. The molecule has 13 heavy (non-hydrogen) atoms. The number of rotatable bonds is 0. The van der Waals surface area contributed by atoms with E-state index in [1.165, 1.54) is 0 Å². The summed E-state index contributed by atoms with van der Waals surface area (Å²) in [6, 6.07) is 5.78. The van der Waals surface area contributed by atoms with E-state index in [2.05, 4.69) is 23.5 Å². The minimum absolute atomic E-state index is 0.678. The number of fused-ring (bicyclic) bond motifs is 1. The van der Waals surface area contributed by atoms with E-state index in [0.717, 1.165) is 16.6 Å². The number of terminal acetylenes is 1. The number of imidazole rings is 1. The number of aromatic nitrogens is 2. The van der Waals surface area contributed by atoms with Gasteiger partial charge in [-0.25, -0.2) is 4.98 Å². The Kier molecular flexibility index (Phi) is 1.78. The first-order chi connectivity index (χ1) is 6.24. The van der Waals surface area contributed by atoms with Crippen molar-refractivity contribution in [3.8, 4) is 12.3 Å². The second kappa shape index (κ2) is 2.82. The molecule has 0 amide bonds. The molecule has 2 rings (SSSR count). The highest BCUT2D eigenvalue weighted by atomic mass is 32.1. The van der Waals surface area contributed by atoms with Gasteiger partial charge in [-0.1, -0.05) is 12.0 Å². The van der Waals surface area contributed by atoms with Crippen molar-refractivity contribution in [2.75, 3.05) is 0 Å². The van der Waals surface area contributed by atoms with E-state index in [-0.39, 0.29) is 0 Å². The monoisotopic (exact) mass is 188 g/mol. The first-order valence-electron chi connectivity index (χ1n) is 3.85. The molecular weight excluding hydrogens is 180 g/mol. The zero-order valence-corrected chi connectivity index (χ0v) is 8.05. The van der Waals surface area contributed by atoms with Crippen LogP contribution in [0.15, 0.2) is 23.4 Å². The Morgan fingerprint density at radius 1 is 1.54 bits per heavy atom. The fourth-order valence-corrected chi connectivity index (χ4v) is 1.53. The number of thiol groups is 1. The van der Waals surface area contributed by atoms with Crippen molar-refractivity contribution in [1.82, 2.24) is 9.55 Å². The Labute approximate surface area is 82.0 Å². The summed E-state index contributed by atoms with van der Waals surface area (Å²) in [4.78, 5) is 4.27. The van der Waals surface area contributed by atoms with Crippen LogP contribution in [0.5, 0.6) is 0 Å². The van der Waals surface area contributed by atoms with Gasteiger partial charge < -0.3 is 4.57 Å². The van der Waals surface area contributed by atoms with Gasteiger partial charge in [0.2, 0.25) is 0 Å². The van der Waals surface area contributed by atoms with Crippen LogP contribution in [-0.2, 0) is 7.05 Å². The number of benzene rings is 1. The third-order valence-electron chi connectivity index (χ3n) is 2.04. The van der Waals surface area contributed by atoms with Crippen molar-refractivity contribution in [3.05, 3.63) is 23.8 Å². The van der Waals surface area contributed by atoms with Crippen molar-refractivity contribution in [1.29, 1.82) is 0 Å². The van der Waals surface area contributed by atoms with Crippen LogP contribution in [-0.4, -0.2) is 9.55 Å². The Balaban J connectivity index is 2.95. The molecule has 1 aromatic carbocycles. The quantitative estimate of drug-likeness (QED) is 0.493. The summed E-state index contributed by atoms with van der Waals surface area (Å²) in [6.45, 7) is 0. The van der Waals surface area contributed by atoms with Crippen molar-refractivity contribution >= 4 is 23.7 Å². The molecule has 0 saturated heterocycles. The topological polar surface area (TPSA) is 17.8 Å². The van der Waals surface area contributed by atoms with E-state index in [1.54, 1.807) is 0 Å². The third-order valence-corrected chi connectivity index (χ3v) is 2.44. The number of hydrogen-bond acceptors (Lipinski definition) is 2. The largest absolute Gasteiger partial charge is 0.322 e. The first-order valence-corrected chi connectivity index (χ1v) is 4.30. The van der Waals surface area contributed by atoms with Crippen molar-refractivity contribution in [3.63, 3.8) is 0 Å². The van der Waals surface area contributed by atoms with Gasteiger partial charge in [0.25, 0.3) is 0 Å². The molecular formula is C10H8N2S. The molecule has 1 heterocycles. The van der Waals surface area contributed by atoms with Crippen molar-refractivity contribution in [2.45, 2.75) is 5.16 Å². The summed E-state index contributed by atoms with van der Waals surface area (Å²) >= 11 is 4.23. The van der Waals surface area contributed by atoms with E-state index in [1.807, 2.05) is 29.8 Å². The lowest BCUT2D eigenvalue weighted by molar-refractivity contribution is 0.819. The molecule has 64 valence electrons. The smallest absolute Gasteiger partial charge is 0.165 e. The highest BCUT2D eigenvalue weighted by molar-refractivity contribution is 7.80. The molecule has 0 aliphatic carbocycles. The Morgan fingerprint density at radius 2 is 2.31 bits per heavy atom.